The van der Waals surface area contributed by atoms with Crippen LogP contribution in [0, 0.1) is 17.8 Å². The molecule has 1 fully saturated rings. The summed E-state index contributed by atoms with van der Waals surface area (Å²) in [4.78, 5) is 0. The number of hydrogen-bond acceptors (Lipinski definition) is 1. The molecule has 0 saturated carbocycles. The zero-order valence-electron chi connectivity index (χ0n) is 9.96. The molecule has 4 atom stereocenters. The number of hydrogen-bond donors (Lipinski definition) is 0. The van der Waals surface area contributed by atoms with Crippen LogP contribution in [-0.4, -0.2) is 17.6 Å². The van der Waals surface area contributed by atoms with Crippen molar-refractivity contribution >= 4 is 11.6 Å². The van der Waals surface area contributed by atoms with Gasteiger partial charge in [-0.1, -0.05) is 34.6 Å². The molecule has 14 heavy (non-hydrogen) atoms. The fourth-order valence-electron chi connectivity index (χ4n) is 2.22. The van der Waals surface area contributed by atoms with Crippen molar-refractivity contribution < 1.29 is 4.74 Å². The summed E-state index contributed by atoms with van der Waals surface area (Å²) in [7, 11) is 0. The molecule has 2 heteroatoms. The number of alkyl halides is 1. The van der Waals surface area contributed by atoms with E-state index in [1.54, 1.807) is 0 Å². The van der Waals surface area contributed by atoms with Crippen LogP contribution in [0.3, 0.4) is 0 Å². The maximum absolute atomic E-state index is 6.36. The standard InChI is InChI=1S/C12H23ClO/c1-7(2)11-6-10(13)9(5)12(14-11)8(3)4/h7-12H,6H2,1-5H3/t9?,10?,11-,12-/m0/s1. The third-order valence-electron chi connectivity index (χ3n) is 3.28. The van der Waals surface area contributed by atoms with Crippen LogP contribution >= 0.6 is 11.6 Å². The van der Waals surface area contributed by atoms with Crippen LogP contribution in [0.15, 0.2) is 0 Å². The van der Waals surface area contributed by atoms with Gasteiger partial charge in [0.05, 0.1) is 12.2 Å². The highest BCUT2D eigenvalue weighted by atomic mass is 35.5. The molecule has 0 aliphatic carbocycles. The monoisotopic (exact) mass is 218 g/mol. The molecule has 1 nitrogen and oxygen atoms in total. The summed E-state index contributed by atoms with van der Waals surface area (Å²) >= 11 is 6.36. The van der Waals surface area contributed by atoms with Crippen molar-refractivity contribution in [3.8, 4) is 0 Å². The maximum Gasteiger partial charge on any atom is 0.0641 e. The Morgan fingerprint density at radius 1 is 1.14 bits per heavy atom. The Bertz CT molecular complexity index is 179. The van der Waals surface area contributed by atoms with E-state index in [-0.39, 0.29) is 5.38 Å². The second-order valence-electron chi connectivity index (χ2n) is 5.24. The van der Waals surface area contributed by atoms with Crippen LogP contribution < -0.4 is 0 Å². The highest BCUT2D eigenvalue weighted by Crippen LogP contribution is 2.35. The van der Waals surface area contributed by atoms with Gasteiger partial charge in [0.15, 0.2) is 0 Å². The molecule has 1 aliphatic rings. The van der Waals surface area contributed by atoms with Gasteiger partial charge in [-0.05, 0) is 24.2 Å². The van der Waals surface area contributed by atoms with Crippen molar-refractivity contribution in [3.05, 3.63) is 0 Å². The second kappa shape index (κ2) is 4.85. The maximum atomic E-state index is 6.36. The molecule has 0 N–H and O–H groups in total. The minimum Gasteiger partial charge on any atom is -0.374 e. The Balaban J connectivity index is 2.66. The first-order valence-corrected chi connectivity index (χ1v) is 6.16. The number of halogens is 1. The molecule has 0 bridgehead atoms. The molecule has 0 aromatic heterocycles. The van der Waals surface area contributed by atoms with E-state index >= 15 is 0 Å². The minimum atomic E-state index is 0.281. The van der Waals surface area contributed by atoms with Gasteiger partial charge in [0.2, 0.25) is 0 Å². The Morgan fingerprint density at radius 3 is 2.14 bits per heavy atom. The summed E-state index contributed by atoms with van der Waals surface area (Å²) in [6.45, 7) is 11.1. The van der Waals surface area contributed by atoms with E-state index in [0.29, 0.717) is 30.0 Å². The van der Waals surface area contributed by atoms with Crippen LogP contribution in [0.2, 0.25) is 0 Å². The largest absolute Gasteiger partial charge is 0.374 e. The quantitative estimate of drug-likeness (QED) is 0.643. The molecule has 0 amide bonds. The third kappa shape index (κ3) is 2.64. The van der Waals surface area contributed by atoms with E-state index < -0.39 is 0 Å². The first-order chi connectivity index (χ1) is 6.43. The van der Waals surface area contributed by atoms with Gasteiger partial charge >= 0.3 is 0 Å². The van der Waals surface area contributed by atoms with Crippen molar-refractivity contribution in [1.29, 1.82) is 0 Å². The average molecular weight is 219 g/mol. The van der Waals surface area contributed by atoms with Crippen molar-refractivity contribution in [1.82, 2.24) is 0 Å². The summed E-state index contributed by atoms with van der Waals surface area (Å²) in [5, 5.41) is 0.281. The van der Waals surface area contributed by atoms with Crippen LogP contribution in [0.1, 0.15) is 41.0 Å². The first kappa shape index (κ1) is 12.3. The normalized spacial score (nSPS) is 39.4. The molecule has 1 saturated heterocycles. The molecule has 0 radical (unpaired) electrons. The number of rotatable bonds is 2. The Morgan fingerprint density at radius 2 is 1.71 bits per heavy atom. The summed E-state index contributed by atoms with van der Waals surface area (Å²) in [5.74, 6) is 1.62. The van der Waals surface area contributed by atoms with Crippen LogP contribution in [-0.2, 0) is 4.74 Å². The van der Waals surface area contributed by atoms with Crippen molar-refractivity contribution in [2.24, 2.45) is 17.8 Å². The highest BCUT2D eigenvalue weighted by molar-refractivity contribution is 6.20. The van der Waals surface area contributed by atoms with E-state index in [1.165, 1.54) is 0 Å². The van der Waals surface area contributed by atoms with Gasteiger partial charge in [-0.3, -0.25) is 0 Å². The van der Waals surface area contributed by atoms with E-state index in [1.807, 2.05) is 0 Å². The molecule has 1 aliphatic heterocycles. The fraction of sp³-hybridized carbons (Fsp3) is 1.00. The summed E-state index contributed by atoms with van der Waals surface area (Å²) in [6, 6.07) is 0. The van der Waals surface area contributed by atoms with Gasteiger partial charge in [-0.25, -0.2) is 0 Å². The zero-order chi connectivity index (χ0) is 10.9. The van der Waals surface area contributed by atoms with Gasteiger partial charge in [-0.15, -0.1) is 11.6 Å². The lowest BCUT2D eigenvalue weighted by atomic mass is 9.84. The molecule has 0 spiro atoms. The van der Waals surface area contributed by atoms with E-state index in [2.05, 4.69) is 34.6 Å². The molecule has 84 valence electrons. The van der Waals surface area contributed by atoms with Gasteiger partial charge in [0, 0.05) is 5.38 Å². The van der Waals surface area contributed by atoms with E-state index in [9.17, 15) is 0 Å². The van der Waals surface area contributed by atoms with E-state index in [0.717, 1.165) is 6.42 Å². The summed E-state index contributed by atoms with van der Waals surface area (Å²) in [6.07, 6.45) is 1.68. The molecule has 2 unspecified atom stereocenters. The molecule has 0 aromatic rings. The molecule has 0 aromatic carbocycles. The van der Waals surface area contributed by atoms with Crippen molar-refractivity contribution in [3.63, 3.8) is 0 Å². The minimum absolute atomic E-state index is 0.281. The predicted octanol–water partition coefficient (Wildman–Crippen LogP) is 3.70. The summed E-state index contributed by atoms with van der Waals surface area (Å²) in [5.41, 5.74) is 0. The smallest absolute Gasteiger partial charge is 0.0641 e. The SMILES string of the molecule is CC(C)[C@@H]1O[C@H](C(C)C)CC(Cl)C1C. The van der Waals surface area contributed by atoms with Crippen LogP contribution in [0.5, 0.6) is 0 Å². The lowest BCUT2D eigenvalue weighted by Crippen LogP contribution is -2.45. The highest BCUT2D eigenvalue weighted by Gasteiger charge is 2.37. The van der Waals surface area contributed by atoms with Gasteiger partial charge in [0.1, 0.15) is 0 Å². The van der Waals surface area contributed by atoms with Crippen molar-refractivity contribution in [2.75, 3.05) is 0 Å². The molecule has 1 heterocycles. The van der Waals surface area contributed by atoms with Gasteiger partial charge in [-0.2, -0.15) is 0 Å². The van der Waals surface area contributed by atoms with E-state index in [4.69, 9.17) is 16.3 Å². The number of ether oxygens (including phenoxy) is 1. The molecule has 1 rings (SSSR count). The Hall–Kier alpha value is 0.250. The lowest BCUT2D eigenvalue weighted by molar-refractivity contribution is -0.114. The zero-order valence-corrected chi connectivity index (χ0v) is 10.7. The molecular formula is C12H23ClO. The lowest BCUT2D eigenvalue weighted by Gasteiger charge is -2.41. The van der Waals surface area contributed by atoms with Gasteiger partial charge in [0.25, 0.3) is 0 Å². The third-order valence-corrected chi connectivity index (χ3v) is 3.85. The topological polar surface area (TPSA) is 9.23 Å². The first-order valence-electron chi connectivity index (χ1n) is 5.73. The fourth-order valence-corrected chi connectivity index (χ4v) is 2.54. The Kier molecular flexibility index (Phi) is 4.27. The van der Waals surface area contributed by atoms with Crippen molar-refractivity contribution in [2.45, 2.75) is 58.6 Å². The molecular weight excluding hydrogens is 196 g/mol. The van der Waals surface area contributed by atoms with Gasteiger partial charge < -0.3 is 4.74 Å². The predicted molar refractivity (Wildman–Crippen MR) is 61.8 cm³/mol. The van der Waals surface area contributed by atoms with Crippen LogP contribution in [0.25, 0.3) is 0 Å². The Labute approximate surface area is 93.2 Å². The van der Waals surface area contributed by atoms with Crippen LogP contribution in [0.4, 0.5) is 0 Å². The summed E-state index contributed by atoms with van der Waals surface area (Å²) < 4.78 is 6.11. The average Bonchev–Trinajstić information content (AvgIpc) is 2.08. The second-order valence-corrected chi connectivity index (χ2v) is 5.80.